The second-order valence-electron chi connectivity index (χ2n) is 3.98. The van der Waals surface area contributed by atoms with Crippen LogP contribution in [0.4, 0.5) is 5.69 Å². The first-order valence-corrected chi connectivity index (χ1v) is 6.17. The second kappa shape index (κ2) is 4.17. The number of non-ortho nitro benzene ring substituents is 1. The van der Waals surface area contributed by atoms with Crippen LogP contribution in [-0.2, 0) is 0 Å². The van der Waals surface area contributed by atoms with Crippen molar-refractivity contribution < 1.29 is 9.34 Å². The Bertz CT molecular complexity index is 885. The number of halogens is 1. The highest BCUT2D eigenvalue weighted by Gasteiger charge is 2.13. The third-order valence-corrected chi connectivity index (χ3v) is 3.50. The number of fused-ring (bicyclic) bond motifs is 2. The van der Waals surface area contributed by atoms with E-state index in [-0.39, 0.29) is 16.7 Å². The summed E-state index contributed by atoms with van der Waals surface area (Å²) in [6.07, 6.45) is 0. The topological polar surface area (TPSA) is 73.3 Å². The smallest absolute Gasteiger partial charge is 0.273 e. The molecule has 0 fully saturated rings. The van der Waals surface area contributed by atoms with Gasteiger partial charge in [0.25, 0.3) is 5.69 Å². The van der Waals surface area contributed by atoms with Gasteiger partial charge in [0.05, 0.1) is 21.8 Å². The van der Waals surface area contributed by atoms with Gasteiger partial charge in [0.2, 0.25) is 5.43 Å². The molecule has 3 aromatic rings. The van der Waals surface area contributed by atoms with Crippen LogP contribution < -0.4 is 5.43 Å². The Hall–Kier alpha value is -2.21. The number of nitro groups is 1. The molecule has 0 saturated heterocycles. The highest BCUT2D eigenvalue weighted by atomic mass is 79.9. The Balaban J connectivity index is 2.50. The van der Waals surface area contributed by atoms with E-state index in [4.69, 9.17) is 4.42 Å². The van der Waals surface area contributed by atoms with Crippen molar-refractivity contribution in [2.24, 2.45) is 0 Å². The number of hydrogen-bond acceptors (Lipinski definition) is 4. The summed E-state index contributed by atoms with van der Waals surface area (Å²) in [5.74, 6) is 0. The van der Waals surface area contributed by atoms with Gasteiger partial charge < -0.3 is 4.42 Å². The number of nitrogens with zero attached hydrogens (tertiary/aromatic N) is 1. The van der Waals surface area contributed by atoms with Gasteiger partial charge in [-0.25, -0.2) is 0 Å². The SMILES string of the molecule is O=c1c2ccc([N+](=O)[O-])cc2oc2cccc(Br)c12. The zero-order valence-electron chi connectivity index (χ0n) is 9.42. The molecule has 1 heterocycles. The van der Waals surface area contributed by atoms with Gasteiger partial charge >= 0.3 is 0 Å². The summed E-state index contributed by atoms with van der Waals surface area (Å²) in [5.41, 5.74) is 0.292. The molecule has 6 heteroatoms. The van der Waals surface area contributed by atoms with Gasteiger partial charge in [-0.05, 0) is 34.1 Å². The van der Waals surface area contributed by atoms with Crippen LogP contribution in [-0.4, -0.2) is 4.92 Å². The molecular weight excluding hydrogens is 314 g/mol. The first kappa shape index (κ1) is 11.9. The third kappa shape index (κ3) is 1.80. The number of hydrogen-bond donors (Lipinski definition) is 0. The maximum absolute atomic E-state index is 12.3. The van der Waals surface area contributed by atoms with Gasteiger partial charge in [-0.3, -0.25) is 14.9 Å². The average molecular weight is 320 g/mol. The fourth-order valence-corrected chi connectivity index (χ4v) is 2.49. The molecule has 0 aliphatic carbocycles. The van der Waals surface area contributed by atoms with Gasteiger partial charge in [0.15, 0.2) is 0 Å². The number of nitro benzene ring substituents is 1. The lowest BCUT2D eigenvalue weighted by atomic mass is 10.1. The van der Waals surface area contributed by atoms with Gasteiger partial charge in [0, 0.05) is 10.5 Å². The molecule has 1 aromatic heterocycles. The zero-order chi connectivity index (χ0) is 13.6. The molecule has 0 N–H and O–H groups in total. The van der Waals surface area contributed by atoms with Crippen LogP contribution >= 0.6 is 15.9 Å². The molecule has 0 atom stereocenters. The maximum Gasteiger partial charge on any atom is 0.273 e. The van der Waals surface area contributed by atoms with E-state index in [1.807, 2.05) is 0 Å². The fraction of sp³-hybridized carbons (Fsp3) is 0. The van der Waals surface area contributed by atoms with Crippen LogP contribution in [0.5, 0.6) is 0 Å². The van der Waals surface area contributed by atoms with Crippen molar-refractivity contribution in [2.75, 3.05) is 0 Å². The van der Waals surface area contributed by atoms with E-state index in [2.05, 4.69) is 15.9 Å². The summed E-state index contributed by atoms with van der Waals surface area (Å²) in [7, 11) is 0. The Morgan fingerprint density at radius 3 is 2.68 bits per heavy atom. The lowest BCUT2D eigenvalue weighted by Gasteiger charge is -2.02. The van der Waals surface area contributed by atoms with E-state index >= 15 is 0 Å². The van der Waals surface area contributed by atoms with E-state index < -0.39 is 4.92 Å². The lowest BCUT2D eigenvalue weighted by molar-refractivity contribution is -0.384. The molecule has 0 saturated carbocycles. The minimum Gasteiger partial charge on any atom is -0.456 e. The Morgan fingerprint density at radius 2 is 1.95 bits per heavy atom. The minimum absolute atomic E-state index is 0.106. The normalized spacial score (nSPS) is 11.0. The average Bonchev–Trinajstić information content (AvgIpc) is 2.38. The van der Waals surface area contributed by atoms with Crippen molar-refractivity contribution in [3.8, 4) is 0 Å². The van der Waals surface area contributed by atoms with Crippen LogP contribution in [0.1, 0.15) is 0 Å². The Morgan fingerprint density at radius 1 is 1.16 bits per heavy atom. The molecule has 94 valence electrons. The highest BCUT2D eigenvalue weighted by molar-refractivity contribution is 9.10. The maximum atomic E-state index is 12.3. The molecule has 5 nitrogen and oxygen atoms in total. The summed E-state index contributed by atoms with van der Waals surface area (Å²) >= 11 is 3.30. The van der Waals surface area contributed by atoms with E-state index in [0.717, 1.165) is 0 Å². The van der Waals surface area contributed by atoms with Crippen molar-refractivity contribution in [3.05, 3.63) is 61.2 Å². The molecule has 0 bridgehead atoms. The Kier molecular flexibility index (Phi) is 2.60. The molecule has 0 radical (unpaired) electrons. The molecule has 0 spiro atoms. The number of rotatable bonds is 1. The summed E-state index contributed by atoms with van der Waals surface area (Å²) in [4.78, 5) is 22.5. The molecule has 0 unspecified atom stereocenters. The lowest BCUT2D eigenvalue weighted by Crippen LogP contribution is -2.03. The van der Waals surface area contributed by atoms with Gasteiger partial charge in [-0.2, -0.15) is 0 Å². The van der Waals surface area contributed by atoms with Crippen LogP contribution in [0, 0.1) is 10.1 Å². The van der Waals surface area contributed by atoms with Crippen molar-refractivity contribution >= 4 is 43.6 Å². The second-order valence-corrected chi connectivity index (χ2v) is 4.84. The Labute approximate surface area is 114 Å². The van der Waals surface area contributed by atoms with E-state index in [1.165, 1.54) is 18.2 Å². The van der Waals surface area contributed by atoms with Crippen molar-refractivity contribution in [1.29, 1.82) is 0 Å². The zero-order valence-corrected chi connectivity index (χ0v) is 11.0. The van der Waals surface area contributed by atoms with Gasteiger partial charge in [-0.1, -0.05) is 6.07 Å². The first-order valence-electron chi connectivity index (χ1n) is 5.37. The van der Waals surface area contributed by atoms with Crippen molar-refractivity contribution in [3.63, 3.8) is 0 Å². The molecular formula is C13H6BrNO4. The highest BCUT2D eigenvalue weighted by Crippen LogP contribution is 2.26. The van der Waals surface area contributed by atoms with Crippen LogP contribution in [0.2, 0.25) is 0 Å². The summed E-state index contributed by atoms with van der Waals surface area (Å²) < 4.78 is 6.20. The molecule has 0 amide bonds. The fourth-order valence-electron chi connectivity index (χ4n) is 1.96. The molecule has 19 heavy (non-hydrogen) atoms. The largest absolute Gasteiger partial charge is 0.456 e. The van der Waals surface area contributed by atoms with E-state index in [9.17, 15) is 14.9 Å². The van der Waals surface area contributed by atoms with Gasteiger partial charge in [0.1, 0.15) is 11.2 Å². The number of benzene rings is 2. The minimum atomic E-state index is -0.523. The van der Waals surface area contributed by atoms with Crippen LogP contribution in [0.25, 0.3) is 21.9 Å². The van der Waals surface area contributed by atoms with E-state index in [1.54, 1.807) is 18.2 Å². The molecule has 0 aliphatic heterocycles. The third-order valence-electron chi connectivity index (χ3n) is 2.84. The molecule has 0 aliphatic rings. The summed E-state index contributed by atoms with van der Waals surface area (Å²) in [6.45, 7) is 0. The molecule has 3 rings (SSSR count). The van der Waals surface area contributed by atoms with Crippen LogP contribution in [0.15, 0.2) is 50.1 Å². The standard InChI is InChI=1S/C13H6BrNO4/c14-9-2-1-3-10-12(9)13(16)8-5-4-7(15(17)18)6-11(8)19-10/h1-6H. The van der Waals surface area contributed by atoms with Crippen molar-refractivity contribution in [2.45, 2.75) is 0 Å². The summed E-state index contributed by atoms with van der Waals surface area (Å²) in [6, 6.07) is 9.10. The van der Waals surface area contributed by atoms with Gasteiger partial charge in [-0.15, -0.1) is 0 Å². The first-order chi connectivity index (χ1) is 9.08. The van der Waals surface area contributed by atoms with Crippen LogP contribution in [0.3, 0.4) is 0 Å². The molecule has 2 aromatic carbocycles. The quantitative estimate of drug-likeness (QED) is 0.390. The predicted octanol–water partition coefficient (Wildman–Crippen LogP) is 3.62. The van der Waals surface area contributed by atoms with E-state index in [0.29, 0.717) is 20.8 Å². The summed E-state index contributed by atoms with van der Waals surface area (Å²) in [5, 5.41) is 11.5. The predicted molar refractivity (Wildman–Crippen MR) is 74.3 cm³/mol. The monoisotopic (exact) mass is 319 g/mol. The van der Waals surface area contributed by atoms with Crippen molar-refractivity contribution in [1.82, 2.24) is 0 Å².